The Kier molecular flexibility index (Phi) is 5.46. The van der Waals surface area contributed by atoms with Crippen LogP contribution in [-0.4, -0.2) is 26.9 Å². The maximum Gasteiger partial charge on any atom is 0.421 e. The average molecular weight is 440 g/mol. The lowest BCUT2D eigenvalue weighted by Crippen LogP contribution is -2.39. The SMILES string of the molecule is CC(C)Oc1ccc(-n2cnc3cc(-c4ccccc4C(C)(O)C(F)(F)F)ccc32)cc1. The number of nitrogens with zero attached hydrogens (tertiary/aromatic N) is 2. The highest BCUT2D eigenvalue weighted by Gasteiger charge is 2.52. The molecule has 0 spiro atoms. The van der Waals surface area contributed by atoms with Gasteiger partial charge in [0.05, 0.1) is 17.1 Å². The van der Waals surface area contributed by atoms with Gasteiger partial charge >= 0.3 is 6.18 Å². The van der Waals surface area contributed by atoms with Gasteiger partial charge in [-0.2, -0.15) is 13.2 Å². The van der Waals surface area contributed by atoms with Crippen LogP contribution in [0.5, 0.6) is 5.75 Å². The van der Waals surface area contributed by atoms with Crippen molar-refractivity contribution in [2.45, 2.75) is 38.7 Å². The largest absolute Gasteiger partial charge is 0.491 e. The molecule has 3 aromatic carbocycles. The number of alkyl halides is 3. The van der Waals surface area contributed by atoms with Crippen LogP contribution in [0.2, 0.25) is 0 Å². The van der Waals surface area contributed by atoms with E-state index < -0.39 is 11.8 Å². The van der Waals surface area contributed by atoms with Gasteiger partial charge in [-0.15, -0.1) is 0 Å². The van der Waals surface area contributed by atoms with Crippen LogP contribution < -0.4 is 4.74 Å². The summed E-state index contributed by atoms with van der Waals surface area (Å²) in [7, 11) is 0. The molecular formula is C25H23F3N2O2. The van der Waals surface area contributed by atoms with Gasteiger partial charge in [0.1, 0.15) is 12.1 Å². The summed E-state index contributed by atoms with van der Waals surface area (Å²) in [6.07, 6.45) is -3.06. The Morgan fingerprint density at radius 1 is 0.969 bits per heavy atom. The smallest absolute Gasteiger partial charge is 0.421 e. The molecule has 1 aromatic heterocycles. The molecule has 7 heteroatoms. The van der Waals surface area contributed by atoms with E-state index in [1.54, 1.807) is 30.6 Å². The van der Waals surface area contributed by atoms with Crippen molar-refractivity contribution >= 4 is 11.0 Å². The molecule has 1 heterocycles. The number of hydrogen-bond donors (Lipinski definition) is 1. The van der Waals surface area contributed by atoms with Gasteiger partial charge in [-0.05, 0) is 68.3 Å². The van der Waals surface area contributed by atoms with Crippen LogP contribution >= 0.6 is 0 Å². The summed E-state index contributed by atoms with van der Waals surface area (Å²) < 4.78 is 48.0. The minimum atomic E-state index is -4.81. The molecule has 4 nitrogen and oxygen atoms in total. The van der Waals surface area contributed by atoms with Gasteiger partial charge in [0.15, 0.2) is 5.60 Å². The van der Waals surface area contributed by atoms with Crippen molar-refractivity contribution in [3.05, 3.63) is 78.6 Å². The van der Waals surface area contributed by atoms with Crippen LogP contribution in [0.4, 0.5) is 13.2 Å². The fraction of sp³-hybridized carbons (Fsp3) is 0.240. The molecule has 166 valence electrons. The summed E-state index contributed by atoms with van der Waals surface area (Å²) >= 11 is 0. The van der Waals surface area contributed by atoms with Crippen molar-refractivity contribution in [1.29, 1.82) is 0 Å². The van der Waals surface area contributed by atoms with E-state index in [2.05, 4.69) is 4.98 Å². The Hall–Kier alpha value is -3.32. The summed E-state index contributed by atoms with van der Waals surface area (Å²) in [5, 5.41) is 10.3. The molecule has 0 amide bonds. The van der Waals surface area contributed by atoms with Crippen molar-refractivity contribution in [2.24, 2.45) is 0 Å². The monoisotopic (exact) mass is 440 g/mol. The topological polar surface area (TPSA) is 47.3 Å². The van der Waals surface area contributed by atoms with Gasteiger partial charge < -0.3 is 9.84 Å². The second kappa shape index (κ2) is 7.98. The quantitative estimate of drug-likeness (QED) is 0.399. The summed E-state index contributed by atoms with van der Waals surface area (Å²) in [5.41, 5.74) is 0.00385. The number of benzene rings is 3. The van der Waals surface area contributed by atoms with Gasteiger partial charge in [-0.1, -0.05) is 30.3 Å². The minimum Gasteiger partial charge on any atom is -0.491 e. The summed E-state index contributed by atoms with van der Waals surface area (Å²) in [6, 6.07) is 18.9. The van der Waals surface area contributed by atoms with Gasteiger partial charge in [-0.3, -0.25) is 4.57 Å². The Morgan fingerprint density at radius 3 is 2.31 bits per heavy atom. The first-order valence-corrected chi connectivity index (χ1v) is 10.2. The number of rotatable bonds is 5. The maximum absolute atomic E-state index is 13.5. The first-order valence-electron chi connectivity index (χ1n) is 10.2. The van der Waals surface area contributed by atoms with E-state index >= 15 is 0 Å². The van der Waals surface area contributed by atoms with Crippen LogP contribution in [0.1, 0.15) is 26.3 Å². The van der Waals surface area contributed by atoms with Gasteiger partial charge in [0.2, 0.25) is 0 Å². The third-order valence-electron chi connectivity index (χ3n) is 5.35. The van der Waals surface area contributed by atoms with E-state index in [4.69, 9.17) is 4.74 Å². The second-order valence-corrected chi connectivity index (χ2v) is 8.09. The Bertz CT molecular complexity index is 1240. The van der Waals surface area contributed by atoms with Crippen molar-refractivity contribution < 1.29 is 23.0 Å². The van der Waals surface area contributed by atoms with Crippen LogP contribution in [-0.2, 0) is 5.60 Å². The normalized spacial score (nSPS) is 14.0. The standard InChI is InChI=1S/C25H23F3N2O2/c1-16(2)32-19-11-9-18(10-12-19)30-15-29-22-14-17(8-13-23(22)30)20-6-4-5-7-21(20)24(3,31)25(26,27)28/h4-16,31H,1-3H3. The molecule has 1 unspecified atom stereocenters. The number of aromatic nitrogens is 2. The second-order valence-electron chi connectivity index (χ2n) is 8.09. The molecule has 0 saturated heterocycles. The molecule has 0 aliphatic carbocycles. The lowest BCUT2D eigenvalue weighted by Gasteiger charge is -2.28. The predicted molar refractivity (Wildman–Crippen MR) is 118 cm³/mol. The first kappa shape index (κ1) is 21.9. The molecule has 4 rings (SSSR count). The molecule has 4 aromatic rings. The molecule has 32 heavy (non-hydrogen) atoms. The highest BCUT2D eigenvalue weighted by atomic mass is 19.4. The predicted octanol–water partition coefficient (Wildman–Crippen LogP) is 6.25. The third-order valence-corrected chi connectivity index (χ3v) is 5.35. The Balaban J connectivity index is 1.74. The maximum atomic E-state index is 13.5. The molecule has 1 N–H and O–H groups in total. The zero-order chi connectivity index (χ0) is 23.1. The van der Waals surface area contributed by atoms with E-state index in [-0.39, 0.29) is 11.7 Å². The molecule has 0 aliphatic rings. The number of ether oxygens (including phenoxy) is 1. The molecule has 1 atom stereocenters. The van der Waals surface area contributed by atoms with E-state index in [1.165, 1.54) is 12.1 Å². The van der Waals surface area contributed by atoms with Gasteiger partial charge in [0, 0.05) is 11.3 Å². The summed E-state index contributed by atoms with van der Waals surface area (Å²) in [5.74, 6) is 0.767. The van der Waals surface area contributed by atoms with Crippen molar-refractivity contribution in [1.82, 2.24) is 9.55 Å². The highest BCUT2D eigenvalue weighted by Crippen LogP contribution is 2.42. The highest BCUT2D eigenvalue weighted by molar-refractivity contribution is 5.84. The number of aliphatic hydroxyl groups is 1. The molecular weight excluding hydrogens is 417 g/mol. The minimum absolute atomic E-state index is 0.0781. The zero-order valence-electron chi connectivity index (χ0n) is 17.9. The van der Waals surface area contributed by atoms with Crippen molar-refractivity contribution in [3.63, 3.8) is 0 Å². The molecule has 0 saturated carbocycles. The van der Waals surface area contributed by atoms with Crippen LogP contribution in [0.3, 0.4) is 0 Å². The first-order chi connectivity index (χ1) is 15.1. The number of imidazole rings is 1. The Morgan fingerprint density at radius 2 is 1.66 bits per heavy atom. The average Bonchev–Trinajstić information content (AvgIpc) is 3.16. The summed E-state index contributed by atoms with van der Waals surface area (Å²) in [4.78, 5) is 4.44. The molecule has 0 bridgehead atoms. The van der Waals surface area contributed by atoms with E-state index in [0.717, 1.165) is 23.9 Å². The van der Waals surface area contributed by atoms with Crippen molar-refractivity contribution in [2.75, 3.05) is 0 Å². The van der Waals surface area contributed by atoms with Crippen LogP contribution in [0.25, 0.3) is 27.8 Å². The Labute approximate surface area is 183 Å². The number of halogens is 3. The molecule has 0 radical (unpaired) electrons. The molecule has 0 aliphatic heterocycles. The van der Waals surface area contributed by atoms with E-state index in [0.29, 0.717) is 16.6 Å². The number of fused-ring (bicyclic) bond motifs is 1. The summed E-state index contributed by atoms with van der Waals surface area (Å²) in [6.45, 7) is 4.69. The zero-order valence-corrected chi connectivity index (χ0v) is 17.9. The number of hydrogen-bond acceptors (Lipinski definition) is 3. The van der Waals surface area contributed by atoms with E-state index in [9.17, 15) is 18.3 Å². The van der Waals surface area contributed by atoms with E-state index in [1.807, 2.05) is 48.7 Å². The van der Waals surface area contributed by atoms with Crippen LogP contribution in [0.15, 0.2) is 73.1 Å². The fourth-order valence-corrected chi connectivity index (χ4v) is 3.66. The third kappa shape index (κ3) is 3.96. The van der Waals surface area contributed by atoms with Crippen molar-refractivity contribution in [3.8, 4) is 22.6 Å². The lowest BCUT2D eigenvalue weighted by molar-refractivity contribution is -0.258. The van der Waals surface area contributed by atoms with Gasteiger partial charge in [-0.25, -0.2) is 4.98 Å². The van der Waals surface area contributed by atoms with Crippen LogP contribution in [0, 0.1) is 0 Å². The fourth-order valence-electron chi connectivity index (χ4n) is 3.66. The molecule has 0 fully saturated rings. The lowest BCUT2D eigenvalue weighted by atomic mass is 9.87. The van der Waals surface area contributed by atoms with Gasteiger partial charge in [0.25, 0.3) is 0 Å².